The van der Waals surface area contributed by atoms with Crippen molar-refractivity contribution in [2.45, 2.75) is 72.7 Å². The minimum Gasteiger partial charge on any atom is -0.394 e. The highest BCUT2D eigenvalue weighted by Crippen LogP contribution is 2.35. The Morgan fingerprint density at radius 1 is 1.06 bits per heavy atom. The Labute approximate surface area is 189 Å². The molecule has 9 nitrogen and oxygen atoms in total. The van der Waals surface area contributed by atoms with Gasteiger partial charge in [0.15, 0.2) is 28.4 Å². The predicted molar refractivity (Wildman–Crippen MR) is 119 cm³/mol. The molecule has 1 aromatic carbocycles. The van der Waals surface area contributed by atoms with Gasteiger partial charge in [-0.2, -0.15) is 0 Å². The van der Waals surface area contributed by atoms with Gasteiger partial charge in [-0.1, -0.05) is 37.5 Å². The molecule has 2 aromatic heterocycles. The summed E-state index contributed by atoms with van der Waals surface area (Å²) in [6.45, 7) is -0.389. The van der Waals surface area contributed by atoms with Crippen molar-refractivity contribution in [2.75, 3.05) is 11.9 Å². The molecule has 170 valence electrons. The number of hydrogen-bond donors (Lipinski definition) is 4. The number of nitrogens with one attached hydrogen (secondary N) is 1. The summed E-state index contributed by atoms with van der Waals surface area (Å²) in [5.74, 6) is 0.658. The summed E-state index contributed by atoms with van der Waals surface area (Å²) in [6, 6.07) is 10.2. The van der Waals surface area contributed by atoms with Crippen LogP contribution in [0.2, 0.25) is 0 Å². The number of aromatic nitrogens is 4. The van der Waals surface area contributed by atoms with Crippen LogP contribution >= 0.6 is 11.8 Å². The fourth-order valence-electron chi connectivity index (χ4n) is 4.37. The van der Waals surface area contributed by atoms with Crippen LogP contribution in [0, 0.1) is 0 Å². The Balaban J connectivity index is 1.54. The van der Waals surface area contributed by atoms with Gasteiger partial charge in [-0.05, 0) is 36.7 Å². The van der Waals surface area contributed by atoms with Gasteiger partial charge in [-0.25, -0.2) is 15.0 Å². The molecule has 0 bridgehead atoms. The molecule has 1 saturated heterocycles. The van der Waals surface area contributed by atoms with Gasteiger partial charge in [-0.3, -0.25) is 4.57 Å². The van der Waals surface area contributed by atoms with Crippen LogP contribution in [0.15, 0.2) is 46.7 Å². The smallest absolute Gasteiger partial charge is 0.196 e. The Hall–Kier alpha value is -2.24. The van der Waals surface area contributed by atoms with Crippen LogP contribution in [0.1, 0.15) is 38.3 Å². The lowest BCUT2D eigenvalue weighted by Gasteiger charge is -2.23. The molecule has 10 heteroatoms. The average Bonchev–Trinajstić information content (AvgIpc) is 3.36. The molecule has 2 fully saturated rings. The number of aliphatic hydroxyl groups excluding tert-OH is 3. The second kappa shape index (κ2) is 9.32. The third-order valence-electron chi connectivity index (χ3n) is 6.09. The highest BCUT2D eigenvalue weighted by molar-refractivity contribution is 7.99. The summed E-state index contributed by atoms with van der Waals surface area (Å²) < 4.78 is 7.33. The third kappa shape index (κ3) is 4.20. The monoisotopic (exact) mass is 457 g/mol. The molecule has 32 heavy (non-hydrogen) atoms. The van der Waals surface area contributed by atoms with Crippen LogP contribution in [0.25, 0.3) is 11.2 Å². The lowest BCUT2D eigenvalue weighted by molar-refractivity contribution is -0.0511. The van der Waals surface area contributed by atoms with Crippen LogP contribution < -0.4 is 5.32 Å². The third-order valence-corrected chi connectivity index (χ3v) is 6.96. The fraction of sp³-hybridized carbons (Fsp3) is 0.500. The Morgan fingerprint density at radius 3 is 2.56 bits per heavy atom. The van der Waals surface area contributed by atoms with Gasteiger partial charge in [0.05, 0.1) is 12.9 Å². The number of fused-ring (bicyclic) bond motifs is 1. The quantitative estimate of drug-likeness (QED) is 0.413. The summed E-state index contributed by atoms with van der Waals surface area (Å²) in [5, 5.41) is 34.3. The Bertz CT molecular complexity index is 1060. The number of aliphatic hydroxyl groups is 3. The predicted octanol–water partition coefficient (Wildman–Crippen LogP) is 2.33. The number of rotatable bonds is 6. The standard InChI is InChI=1S/C22H27N5O4S/c28-11-15-17(29)18(30)21(31-15)27-12-23-16-19(24-13-7-3-1-4-8-13)25-22(26-20(16)27)32-14-9-5-2-6-10-14/h2,5-6,9-10,12-13,15,17-18,21,28-30H,1,3-4,7-8,11H2,(H,24,25,26). The van der Waals surface area contributed by atoms with Gasteiger partial charge in [0.2, 0.25) is 0 Å². The van der Waals surface area contributed by atoms with Crippen molar-refractivity contribution >= 4 is 28.7 Å². The lowest BCUT2D eigenvalue weighted by atomic mass is 9.95. The molecule has 1 saturated carbocycles. The number of benzene rings is 1. The zero-order valence-corrected chi connectivity index (χ0v) is 18.4. The van der Waals surface area contributed by atoms with E-state index < -0.39 is 24.5 Å². The maximum atomic E-state index is 10.5. The van der Waals surface area contributed by atoms with Crippen molar-refractivity contribution in [1.29, 1.82) is 0 Å². The Kier molecular flexibility index (Phi) is 6.29. The van der Waals surface area contributed by atoms with Gasteiger partial charge >= 0.3 is 0 Å². The molecule has 2 aliphatic rings. The maximum Gasteiger partial charge on any atom is 0.196 e. The number of imidazole rings is 1. The second-order valence-electron chi connectivity index (χ2n) is 8.30. The first-order chi connectivity index (χ1) is 15.6. The van der Waals surface area contributed by atoms with E-state index in [1.807, 2.05) is 30.3 Å². The van der Waals surface area contributed by atoms with Crippen molar-refractivity contribution in [2.24, 2.45) is 0 Å². The Morgan fingerprint density at radius 2 is 1.84 bits per heavy atom. The van der Waals surface area contributed by atoms with E-state index in [0.29, 0.717) is 28.2 Å². The second-order valence-corrected chi connectivity index (χ2v) is 9.34. The molecule has 1 aliphatic heterocycles. The average molecular weight is 458 g/mol. The topological polar surface area (TPSA) is 126 Å². The molecule has 3 heterocycles. The highest BCUT2D eigenvalue weighted by Gasteiger charge is 2.44. The zero-order valence-electron chi connectivity index (χ0n) is 17.5. The number of hydrogen-bond acceptors (Lipinski definition) is 9. The van der Waals surface area contributed by atoms with Gasteiger partial charge in [0.1, 0.15) is 18.3 Å². The minimum absolute atomic E-state index is 0.329. The first kappa shape index (κ1) is 21.6. The van der Waals surface area contributed by atoms with E-state index in [0.717, 1.165) is 17.7 Å². The molecule has 5 rings (SSSR count). The van der Waals surface area contributed by atoms with Gasteiger partial charge in [0, 0.05) is 10.9 Å². The molecule has 0 spiro atoms. The lowest BCUT2D eigenvalue weighted by Crippen LogP contribution is -2.33. The summed E-state index contributed by atoms with van der Waals surface area (Å²) >= 11 is 1.44. The zero-order chi connectivity index (χ0) is 22.1. The first-order valence-electron chi connectivity index (χ1n) is 11.0. The van der Waals surface area contributed by atoms with Crippen molar-refractivity contribution in [3.63, 3.8) is 0 Å². The van der Waals surface area contributed by atoms with E-state index in [1.54, 1.807) is 10.9 Å². The molecule has 4 N–H and O–H groups in total. The molecular formula is C22H27N5O4S. The minimum atomic E-state index is -1.21. The molecular weight excluding hydrogens is 430 g/mol. The summed E-state index contributed by atoms with van der Waals surface area (Å²) in [6.07, 6.45) is 3.18. The van der Waals surface area contributed by atoms with E-state index in [9.17, 15) is 15.3 Å². The van der Waals surface area contributed by atoms with Crippen LogP contribution in [-0.2, 0) is 4.74 Å². The van der Waals surface area contributed by atoms with E-state index in [4.69, 9.17) is 14.7 Å². The van der Waals surface area contributed by atoms with Crippen LogP contribution in [0.3, 0.4) is 0 Å². The van der Waals surface area contributed by atoms with Gasteiger partial charge < -0.3 is 25.4 Å². The van der Waals surface area contributed by atoms with Crippen molar-refractivity contribution < 1.29 is 20.1 Å². The fourth-order valence-corrected chi connectivity index (χ4v) is 5.15. The van der Waals surface area contributed by atoms with Crippen LogP contribution in [0.4, 0.5) is 5.82 Å². The van der Waals surface area contributed by atoms with Crippen molar-refractivity contribution in [3.05, 3.63) is 36.7 Å². The maximum absolute atomic E-state index is 10.5. The molecule has 3 aromatic rings. The van der Waals surface area contributed by atoms with Crippen molar-refractivity contribution in [3.8, 4) is 0 Å². The number of ether oxygens (including phenoxy) is 1. The van der Waals surface area contributed by atoms with Gasteiger partial charge in [0.25, 0.3) is 0 Å². The highest BCUT2D eigenvalue weighted by atomic mass is 32.2. The molecule has 4 atom stereocenters. The van der Waals surface area contributed by atoms with Crippen molar-refractivity contribution in [1.82, 2.24) is 19.5 Å². The summed E-state index contributed by atoms with van der Waals surface area (Å²) in [7, 11) is 0. The van der Waals surface area contributed by atoms with Gasteiger partial charge in [-0.15, -0.1) is 0 Å². The molecule has 0 amide bonds. The largest absolute Gasteiger partial charge is 0.394 e. The van der Waals surface area contributed by atoms with E-state index in [-0.39, 0.29) is 6.61 Å². The summed E-state index contributed by atoms with van der Waals surface area (Å²) in [4.78, 5) is 15.0. The summed E-state index contributed by atoms with van der Waals surface area (Å²) in [5.41, 5.74) is 1.09. The number of nitrogens with zero attached hydrogens (tertiary/aromatic N) is 4. The van der Waals surface area contributed by atoms with Crippen LogP contribution in [0.5, 0.6) is 0 Å². The SMILES string of the molecule is OCC1OC(n2cnc3c(NC4CCCCC4)nc(Sc4ccccc4)nc32)C(O)C1O. The molecule has 1 aliphatic carbocycles. The van der Waals surface area contributed by atoms with E-state index >= 15 is 0 Å². The first-order valence-corrected chi connectivity index (χ1v) is 11.8. The molecule has 0 radical (unpaired) electrons. The van der Waals surface area contributed by atoms with E-state index in [2.05, 4.69) is 10.3 Å². The molecule has 4 unspecified atom stereocenters. The van der Waals surface area contributed by atoms with Crippen LogP contribution in [-0.4, -0.2) is 65.8 Å². The van der Waals surface area contributed by atoms with E-state index in [1.165, 1.54) is 31.0 Å². The normalized spacial score (nSPS) is 26.6. The number of anilines is 1.